The molecule has 1 aliphatic carbocycles. The standard InChI is InChI=1S/C14H23N3O/c1-3-14(6-4-5-7-14)12(15)8-11-9-13(18-2)17-10-16-11/h9-10,12H,3-8,15H2,1-2H3. The molecule has 1 atom stereocenters. The van der Waals surface area contributed by atoms with Gasteiger partial charge in [0.05, 0.1) is 7.11 Å². The fraction of sp³-hybridized carbons (Fsp3) is 0.714. The first-order valence-electron chi connectivity index (χ1n) is 6.80. The Hall–Kier alpha value is -1.16. The van der Waals surface area contributed by atoms with Crippen LogP contribution < -0.4 is 10.5 Å². The summed E-state index contributed by atoms with van der Waals surface area (Å²) in [4.78, 5) is 8.32. The second-order valence-corrected chi connectivity index (χ2v) is 5.29. The molecule has 0 aliphatic heterocycles. The highest BCUT2D eigenvalue weighted by atomic mass is 16.5. The highest BCUT2D eigenvalue weighted by Gasteiger charge is 2.37. The Bertz CT molecular complexity index is 388. The second kappa shape index (κ2) is 5.65. The molecule has 2 N–H and O–H groups in total. The van der Waals surface area contributed by atoms with Gasteiger partial charge in [-0.25, -0.2) is 9.97 Å². The van der Waals surface area contributed by atoms with Crippen molar-refractivity contribution in [3.63, 3.8) is 0 Å². The zero-order valence-corrected chi connectivity index (χ0v) is 11.4. The van der Waals surface area contributed by atoms with Crippen LogP contribution in [0.25, 0.3) is 0 Å². The molecule has 100 valence electrons. The number of hydrogen-bond acceptors (Lipinski definition) is 4. The minimum absolute atomic E-state index is 0.185. The average molecular weight is 249 g/mol. The van der Waals surface area contributed by atoms with Crippen LogP contribution in [0.5, 0.6) is 5.88 Å². The van der Waals surface area contributed by atoms with Gasteiger partial charge in [-0.3, -0.25) is 0 Å². The third-order valence-corrected chi connectivity index (χ3v) is 4.43. The molecular formula is C14H23N3O. The summed E-state index contributed by atoms with van der Waals surface area (Å²) in [5.41, 5.74) is 7.75. The number of nitrogens with two attached hydrogens (primary N) is 1. The van der Waals surface area contributed by atoms with Gasteiger partial charge in [0.1, 0.15) is 6.33 Å². The van der Waals surface area contributed by atoms with Crippen molar-refractivity contribution in [3.8, 4) is 5.88 Å². The predicted molar refractivity (Wildman–Crippen MR) is 71.5 cm³/mol. The van der Waals surface area contributed by atoms with Crippen LogP contribution in [-0.2, 0) is 6.42 Å². The Kier molecular flexibility index (Phi) is 4.17. The summed E-state index contributed by atoms with van der Waals surface area (Å²) >= 11 is 0. The summed E-state index contributed by atoms with van der Waals surface area (Å²) in [6, 6.07) is 2.07. The summed E-state index contributed by atoms with van der Waals surface area (Å²) in [6.07, 6.45) is 8.67. The lowest BCUT2D eigenvalue weighted by atomic mass is 9.75. The van der Waals surface area contributed by atoms with Crippen molar-refractivity contribution in [1.29, 1.82) is 0 Å². The fourth-order valence-corrected chi connectivity index (χ4v) is 3.11. The molecule has 0 spiro atoms. The van der Waals surface area contributed by atoms with E-state index >= 15 is 0 Å². The molecule has 1 unspecified atom stereocenters. The first kappa shape index (κ1) is 13.3. The maximum absolute atomic E-state index is 6.45. The molecule has 4 heteroatoms. The van der Waals surface area contributed by atoms with Gasteiger partial charge in [-0.15, -0.1) is 0 Å². The Labute approximate surface area is 109 Å². The van der Waals surface area contributed by atoms with Crippen LogP contribution >= 0.6 is 0 Å². The number of ether oxygens (including phenoxy) is 1. The summed E-state index contributed by atoms with van der Waals surface area (Å²) in [5, 5.41) is 0. The highest BCUT2D eigenvalue weighted by Crippen LogP contribution is 2.43. The van der Waals surface area contributed by atoms with E-state index in [1.807, 2.05) is 6.07 Å². The van der Waals surface area contributed by atoms with Gasteiger partial charge in [-0.2, -0.15) is 0 Å². The molecule has 1 aromatic heterocycles. The zero-order valence-electron chi connectivity index (χ0n) is 11.4. The van der Waals surface area contributed by atoms with Crippen LogP contribution in [0.1, 0.15) is 44.7 Å². The van der Waals surface area contributed by atoms with Crippen molar-refractivity contribution in [2.75, 3.05) is 7.11 Å². The van der Waals surface area contributed by atoms with Crippen molar-refractivity contribution in [3.05, 3.63) is 18.1 Å². The topological polar surface area (TPSA) is 61.0 Å². The van der Waals surface area contributed by atoms with Gasteiger partial charge in [-0.1, -0.05) is 19.8 Å². The molecule has 1 fully saturated rings. The second-order valence-electron chi connectivity index (χ2n) is 5.29. The molecule has 4 nitrogen and oxygen atoms in total. The minimum Gasteiger partial charge on any atom is -0.481 e. The number of rotatable bonds is 5. The summed E-state index contributed by atoms with van der Waals surface area (Å²) < 4.78 is 5.12. The molecule has 1 aliphatic rings. The van der Waals surface area contributed by atoms with Crippen LogP contribution in [0.3, 0.4) is 0 Å². The molecule has 1 saturated carbocycles. The van der Waals surface area contributed by atoms with E-state index in [2.05, 4.69) is 16.9 Å². The van der Waals surface area contributed by atoms with Crippen molar-refractivity contribution in [2.24, 2.45) is 11.1 Å². The van der Waals surface area contributed by atoms with E-state index in [1.54, 1.807) is 13.4 Å². The molecule has 2 rings (SSSR count). The predicted octanol–water partition coefficient (Wildman–Crippen LogP) is 2.33. The third kappa shape index (κ3) is 2.64. The largest absolute Gasteiger partial charge is 0.481 e. The SMILES string of the molecule is CCC1(C(N)Cc2cc(OC)ncn2)CCCC1. The van der Waals surface area contributed by atoms with Crippen molar-refractivity contribution < 1.29 is 4.74 Å². The van der Waals surface area contributed by atoms with Gasteiger partial charge in [0, 0.05) is 24.2 Å². The molecule has 18 heavy (non-hydrogen) atoms. The van der Waals surface area contributed by atoms with E-state index in [4.69, 9.17) is 10.5 Å². The molecule has 0 aromatic carbocycles. The van der Waals surface area contributed by atoms with E-state index in [1.165, 1.54) is 25.7 Å². The molecule has 0 amide bonds. The van der Waals surface area contributed by atoms with Crippen molar-refractivity contribution in [1.82, 2.24) is 9.97 Å². The molecule has 1 heterocycles. The molecule has 1 aromatic rings. The van der Waals surface area contributed by atoms with Crippen molar-refractivity contribution in [2.45, 2.75) is 51.5 Å². The fourth-order valence-electron chi connectivity index (χ4n) is 3.11. The highest BCUT2D eigenvalue weighted by molar-refractivity contribution is 5.15. The first-order valence-corrected chi connectivity index (χ1v) is 6.80. The number of methoxy groups -OCH3 is 1. The van der Waals surface area contributed by atoms with Crippen LogP contribution in [0.4, 0.5) is 0 Å². The van der Waals surface area contributed by atoms with Gasteiger partial charge in [0.15, 0.2) is 0 Å². The van der Waals surface area contributed by atoms with E-state index in [-0.39, 0.29) is 6.04 Å². The van der Waals surface area contributed by atoms with Crippen molar-refractivity contribution >= 4 is 0 Å². The van der Waals surface area contributed by atoms with Crippen LogP contribution in [-0.4, -0.2) is 23.1 Å². The normalized spacial score (nSPS) is 19.7. The van der Waals surface area contributed by atoms with Crippen LogP contribution in [0.15, 0.2) is 12.4 Å². The monoisotopic (exact) mass is 249 g/mol. The van der Waals surface area contributed by atoms with Gasteiger partial charge in [-0.05, 0) is 24.7 Å². The number of aromatic nitrogens is 2. The maximum atomic E-state index is 6.45. The smallest absolute Gasteiger partial charge is 0.216 e. The van der Waals surface area contributed by atoms with Gasteiger partial charge in [0.25, 0.3) is 0 Å². The Morgan fingerprint density at radius 3 is 2.72 bits per heavy atom. The summed E-state index contributed by atoms with van der Waals surface area (Å²) in [7, 11) is 1.62. The van der Waals surface area contributed by atoms with Crippen LogP contribution in [0, 0.1) is 5.41 Å². The Morgan fingerprint density at radius 1 is 1.39 bits per heavy atom. The van der Waals surface area contributed by atoms with Gasteiger partial charge in [0.2, 0.25) is 5.88 Å². The molecular weight excluding hydrogens is 226 g/mol. The maximum Gasteiger partial charge on any atom is 0.216 e. The Morgan fingerprint density at radius 2 is 2.11 bits per heavy atom. The molecule has 0 bridgehead atoms. The van der Waals surface area contributed by atoms with Crippen LogP contribution in [0.2, 0.25) is 0 Å². The lowest BCUT2D eigenvalue weighted by Gasteiger charge is -2.34. The van der Waals surface area contributed by atoms with E-state index in [0.717, 1.165) is 18.5 Å². The number of nitrogens with zero attached hydrogens (tertiary/aromatic N) is 2. The van der Waals surface area contributed by atoms with Gasteiger partial charge >= 0.3 is 0 Å². The first-order chi connectivity index (χ1) is 8.70. The number of hydrogen-bond donors (Lipinski definition) is 1. The average Bonchev–Trinajstić information content (AvgIpc) is 2.89. The summed E-state index contributed by atoms with van der Waals surface area (Å²) in [5.74, 6) is 0.615. The van der Waals surface area contributed by atoms with E-state index < -0.39 is 0 Å². The molecule has 0 saturated heterocycles. The lowest BCUT2D eigenvalue weighted by Crippen LogP contribution is -2.41. The minimum atomic E-state index is 0.185. The summed E-state index contributed by atoms with van der Waals surface area (Å²) in [6.45, 7) is 2.26. The zero-order chi connectivity index (χ0) is 13.0. The quantitative estimate of drug-likeness (QED) is 0.870. The van der Waals surface area contributed by atoms with Gasteiger partial charge < -0.3 is 10.5 Å². The van der Waals surface area contributed by atoms with E-state index in [9.17, 15) is 0 Å². The lowest BCUT2D eigenvalue weighted by molar-refractivity contribution is 0.217. The van der Waals surface area contributed by atoms with E-state index in [0.29, 0.717) is 11.3 Å². The third-order valence-electron chi connectivity index (χ3n) is 4.43. The molecule has 0 radical (unpaired) electrons. The Balaban J connectivity index is 2.07.